The van der Waals surface area contributed by atoms with Gasteiger partial charge in [0.15, 0.2) is 0 Å². The van der Waals surface area contributed by atoms with Crippen LogP contribution in [0.2, 0.25) is 0 Å². The molecular weight excluding hydrogens is 210 g/mol. The van der Waals surface area contributed by atoms with Crippen LogP contribution >= 0.6 is 12.2 Å². The molecule has 0 saturated carbocycles. The second-order valence-electron chi connectivity index (χ2n) is 3.97. The van der Waals surface area contributed by atoms with Gasteiger partial charge in [0.1, 0.15) is 0 Å². The van der Waals surface area contributed by atoms with Crippen molar-refractivity contribution < 1.29 is 4.79 Å². The Morgan fingerprint density at radius 2 is 2.27 bits per heavy atom. The molecule has 1 saturated heterocycles. The molecule has 1 atom stereocenters. The normalized spacial score (nSPS) is 21.2. The molecule has 4 nitrogen and oxygen atoms in total. The van der Waals surface area contributed by atoms with Crippen LogP contribution in [0.1, 0.15) is 19.8 Å². The SMILES string of the molecule is CCC(C(N)=S)N1CCCN(C)C(=O)C1. The molecule has 2 N–H and O–H groups in total. The van der Waals surface area contributed by atoms with Crippen LogP contribution in [-0.4, -0.2) is 53.4 Å². The van der Waals surface area contributed by atoms with Crippen molar-refractivity contribution in [2.75, 3.05) is 26.7 Å². The Morgan fingerprint density at radius 3 is 2.80 bits per heavy atom. The van der Waals surface area contributed by atoms with Crippen LogP contribution < -0.4 is 5.73 Å². The van der Waals surface area contributed by atoms with Gasteiger partial charge in [0.2, 0.25) is 5.91 Å². The summed E-state index contributed by atoms with van der Waals surface area (Å²) in [5, 5.41) is 0. The number of hydrogen-bond donors (Lipinski definition) is 1. The summed E-state index contributed by atoms with van der Waals surface area (Å²) >= 11 is 5.02. The summed E-state index contributed by atoms with van der Waals surface area (Å²) in [5.74, 6) is 0.155. The molecule has 1 heterocycles. The van der Waals surface area contributed by atoms with E-state index in [4.69, 9.17) is 18.0 Å². The molecule has 0 aromatic heterocycles. The zero-order chi connectivity index (χ0) is 11.4. The Kier molecular flexibility index (Phi) is 4.47. The Morgan fingerprint density at radius 1 is 1.60 bits per heavy atom. The highest BCUT2D eigenvalue weighted by atomic mass is 32.1. The van der Waals surface area contributed by atoms with Crippen molar-refractivity contribution >= 4 is 23.1 Å². The minimum atomic E-state index is 0.0652. The van der Waals surface area contributed by atoms with E-state index < -0.39 is 0 Å². The first-order valence-corrected chi connectivity index (χ1v) is 5.74. The predicted molar refractivity (Wildman–Crippen MR) is 64.7 cm³/mol. The number of amides is 1. The van der Waals surface area contributed by atoms with Crippen molar-refractivity contribution in [3.8, 4) is 0 Å². The lowest BCUT2D eigenvalue weighted by atomic mass is 10.2. The second kappa shape index (κ2) is 5.42. The minimum absolute atomic E-state index is 0.0652. The molecule has 0 aromatic rings. The highest BCUT2D eigenvalue weighted by molar-refractivity contribution is 7.80. The van der Waals surface area contributed by atoms with Crippen LogP contribution in [0.4, 0.5) is 0 Å². The third-order valence-corrected chi connectivity index (χ3v) is 3.13. The summed E-state index contributed by atoms with van der Waals surface area (Å²) in [6.45, 7) is 4.20. The van der Waals surface area contributed by atoms with Crippen LogP contribution in [0.15, 0.2) is 0 Å². The van der Waals surface area contributed by atoms with Gasteiger partial charge in [-0.1, -0.05) is 19.1 Å². The molecule has 0 aliphatic carbocycles. The summed E-state index contributed by atoms with van der Waals surface area (Å²) in [7, 11) is 1.84. The van der Waals surface area contributed by atoms with Gasteiger partial charge >= 0.3 is 0 Å². The van der Waals surface area contributed by atoms with E-state index in [-0.39, 0.29) is 11.9 Å². The summed E-state index contributed by atoms with van der Waals surface area (Å²) in [6.07, 6.45) is 1.85. The van der Waals surface area contributed by atoms with Crippen LogP contribution in [0.5, 0.6) is 0 Å². The maximum Gasteiger partial charge on any atom is 0.236 e. The molecule has 1 aliphatic heterocycles. The Bertz CT molecular complexity index is 257. The first-order chi connectivity index (χ1) is 7.06. The molecule has 1 rings (SSSR count). The van der Waals surface area contributed by atoms with Crippen molar-refractivity contribution in [1.82, 2.24) is 9.80 Å². The fraction of sp³-hybridized carbons (Fsp3) is 0.800. The third-order valence-electron chi connectivity index (χ3n) is 2.86. The van der Waals surface area contributed by atoms with Crippen LogP contribution in [0.25, 0.3) is 0 Å². The van der Waals surface area contributed by atoms with Crippen molar-refractivity contribution in [2.24, 2.45) is 5.73 Å². The van der Waals surface area contributed by atoms with Crippen LogP contribution in [0, 0.1) is 0 Å². The van der Waals surface area contributed by atoms with Gasteiger partial charge in [-0.25, -0.2) is 0 Å². The summed E-state index contributed by atoms with van der Waals surface area (Å²) < 4.78 is 0. The molecule has 0 bridgehead atoms. The summed E-state index contributed by atoms with van der Waals surface area (Å²) in [6, 6.07) is 0.0652. The van der Waals surface area contributed by atoms with Gasteiger partial charge in [0, 0.05) is 20.1 Å². The number of nitrogens with zero attached hydrogens (tertiary/aromatic N) is 2. The van der Waals surface area contributed by atoms with Gasteiger partial charge in [-0.15, -0.1) is 0 Å². The number of likely N-dealkylation sites (N-methyl/N-ethyl adjacent to an activating group) is 1. The predicted octanol–water partition coefficient (Wildman–Crippen LogP) is 0.215. The maximum atomic E-state index is 11.7. The topological polar surface area (TPSA) is 49.6 Å². The number of carbonyl (C=O) groups is 1. The van der Waals surface area contributed by atoms with Crippen molar-refractivity contribution in [3.63, 3.8) is 0 Å². The minimum Gasteiger partial charge on any atom is -0.392 e. The molecule has 1 aliphatic rings. The van der Waals surface area contributed by atoms with E-state index in [0.717, 1.165) is 25.9 Å². The Hall–Kier alpha value is -0.680. The number of thiocarbonyl (C=S) groups is 1. The lowest BCUT2D eigenvalue weighted by molar-refractivity contribution is -0.130. The van der Waals surface area contributed by atoms with Crippen LogP contribution in [-0.2, 0) is 4.79 Å². The van der Waals surface area contributed by atoms with E-state index in [1.165, 1.54) is 0 Å². The van der Waals surface area contributed by atoms with Gasteiger partial charge in [-0.05, 0) is 12.8 Å². The fourth-order valence-corrected chi connectivity index (χ4v) is 2.23. The largest absolute Gasteiger partial charge is 0.392 e. The molecular formula is C10H19N3OS. The van der Waals surface area contributed by atoms with Gasteiger partial charge in [-0.3, -0.25) is 9.69 Å². The van der Waals surface area contributed by atoms with E-state index in [1.54, 1.807) is 4.90 Å². The monoisotopic (exact) mass is 229 g/mol. The second-order valence-corrected chi connectivity index (χ2v) is 4.44. The first-order valence-electron chi connectivity index (χ1n) is 5.33. The Labute approximate surface area is 96.4 Å². The van der Waals surface area contributed by atoms with E-state index in [9.17, 15) is 4.79 Å². The quantitative estimate of drug-likeness (QED) is 0.703. The lowest BCUT2D eigenvalue weighted by Gasteiger charge is -2.27. The smallest absolute Gasteiger partial charge is 0.236 e. The van der Waals surface area contributed by atoms with Gasteiger partial charge in [0.05, 0.1) is 17.6 Å². The van der Waals surface area contributed by atoms with Crippen molar-refractivity contribution in [2.45, 2.75) is 25.8 Å². The summed E-state index contributed by atoms with van der Waals surface area (Å²) in [5.41, 5.74) is 5.67. The highest BCUT2D eigenvalue weighted by Gasteiger charge is 2.25. The van der Waals surface area contributed by atoms with E-state index in [2.05, 4.69) is 4.90 Å². The molecule has 15 heavy (non-hydrogen) atoms. The first kappa shape index (κ1) is 12.4. The van der Waals surface area contributed by atoms with Crippen molar-refractivity contribution in [3.05, 3.63) is 0 Å². The zero-order valence-corrected chi connectivity index (χ0v) is 10.2. The molecule has 1 amide bonds. The zero-order valence-electron chi connectivity index (χ0n) is 9.40. The third kappa shape index (κ3) is 3.14. The molecule has 5 heteroatoms. The molecule has 0 aromatic carbocycles. The van der Waals surface area contributed by atoms with Gasteiger partial charge < -0.3 is 10.6 Å². The highest BCUT2D eigenvalue weighted by Crippen LogP contribution is 2.10. The lowest BCUT2D eigenvalue weighted by Crippen LogP contribution is -2.46. The maximum absolute atomic E-state index is 11.7. The van der Waals surface area contributed by atoms with Gasteiger partial charge in [-0.2, -0.15) is 0 Å². The summed E-state index contributed by atoms with van der Waals surface area (Å²) in [4.78, 5) is 16.0. The molecule has 0 radical (unpaired) electrons. The molecule has 1 unspecified atom stereocenters. The van der Waals surface area contributed by atoms with Gasteiger partial charge in [0.25, 0.3) is 0 Å². The number of nitrogens with two attached hydrogens (primary N) is 1. The van der Waals surface area contributed by atoms with Crippen molar-refractivity contribution in [1.29, 1.82) is 0 Å². The average Bonchev–Trinajstić information content (AvgIpc) is 2.31. The standard InChI is InChI=1S/C10H19N3OS/c1-3-8(10(11)15)13-6-4-5-12(2)9(14)7-13/h8H,3-7H2,1-2H3,(H2,11,15). The average molecular weight is 229 g/mol. The van der Waals surface area contributed by atoms with E-state index in [1.807, 2.05) is 14.0 Å². The Balaban J connectivity index is 2.68. The number of hydrogen-bond acceptors (Lipinski definition) is 3. The fourth-order valence-electron chi connectivity index (χ4n) is 1.91. The molecule has 0 spiro atoms. The van der Waals surface area contributed by atoms with E-state index in [0.29, 0.717) is 11.5 Å². The number of carbonyl (C=O) groups excluding carboxylic acids is 1. The molecule has 1 fully saturated rings. The van der Waals surface area contributed by atoms with Crippen LogP contribution in [0.3, 0.4) is 0 Å². The van der Waals surface area contributed by atoms with E-state index >= 15 is 0 Å². The number of rotatable bonds is 3. The molecule has 86 valence electrons.